The molecule has 18 heteroatoms. The highest BCUT2D eigenvalue weighted by atomic mass is 32.2. The minimum absolute atomic E-state index is 0.0450. The summed E-state index contributed by atoms with van der Waals surface area (Å²) in [6.07, 6.45) is 3.96. The molecule has 3 heterocycles. The van der Waals surface area contributed by atoms with Crippen LogP contribution in [0.3, 0.4) is 0 Å². The Morgan fingerprint density at radius 2 is 1.84 bits per heavy atom. The molecule has 6 atom stereocenters. The van der Waals surface area contributed by atoms with Gasteiger partial charge in [-0.2, -0.15) is 0 Å². The molecule has 6 amide bonds. The molecule has 2 unspecified atom stereocenters. The summed E-state index contributed by atoms with van der Waals surface area (Å²) in [7, 11) is -2.42. The van der Waals surface area contributed by atoms with Gasteiger partial charge < -0.3 is 29.9 Å². The van der Waals surface area contributed by atoms with Crippen molar-refractivity contribution in [3.63, 3.8) is 0 Å². The monoisotopic (exact) mass is 814 g/mol. The van der Waals surface area contributed by atoms with E-state index >= 15 is 0 Å². The number of allylic oxidation sites excluding steroid dienone is 1. The Morgan fingerprint density at radius 3 is 2.51 bits per heavy atom. The molecular formula is C39H51FN6O10S. The minimum Gasteiger partial charge on any atom is -0.444 e. The van der Waals surface area contributed by atoms with Crippen molar-refractivity contribution in [2.45, 2.75) is 126 Å². The van der Waals surface area contributed by atoms with E-state index in [-0.39, 0.29) is 38.9 Å². The first-order valence-corrected chi connectivity index (χ1v) is 20.8. The van der Waals surface area contributed by atoms with E-state index in [1.807, 2.05) is 6.08 Å². The second-order valence-corrected chi connectivity index (χ2v) is 18.5. The molecule has 0 radical (unpaired) electrons. The SMILES string of the molecule is C=CC(=O)N(C)C1CCCC=C[C@@H]2C[C@@]2(C(=O)NS(=O)(=O)C2CC2)NC(=O)C2C[C@@H](OC(=O)N3Cc4cccc(F)c4C3)CN2C(=O)[C@@H](NC(=O)OC(C)(C)C)C1. The highest BCUT2D eigenvalue weighted by Crippen LogP contribution is 2.46. The quantitative estimate of drug-likeness (QED) is 0.272. The summed E-state index contributed by atoms with van der Waals surface area (Å²) in [5.41, 5.74) is -1.61. The molecule has 3 fully saturated rings. The third kappa shape index (κ3) is 9.42. The molecule has 3 aliphatic heterocycles. The fourth-order valence-electron chi connectivity index (χ4n) is 7.74. The fourth-order valence-corrected chi connectivity index (χ4v) is 9.10. The van der Waals surface area contributed by atoms with Crippen LogP contribution >= 0.6 is 0 Å². The van der Waals surface area contributed by atoms with Gasteiger partial charge in [-0.3, -0.25) is 28.8 Å². The molecular weight excluding hydrogens is 764 g/mol. The van der Waals surface area contributed by atoms with E-state index < -0.39 is 98.2 Å². The van der Waals surface area contributed by atoms with Gasteiger partial charge in [-0.1, -0.05) is 30.9 Å². The van der Waals surface area contributed by atoms with Gasteiger partial charge in [-0.05, 0) is 83.4 Å². The first kappa shape index (κ1) is 41.6. The number of alkyl carbamates (subject to hydrolysis) is 1. The predicted octanol–water partition coefficient (Wildman–Crippen LogP) is 2.77. The van der Waals surface area contributed by atoms with E-state index in [0.29, 0.717) is 43.2 Å². The summed E-state index contributed by atoms with van der Waals surface area (Å²) >= 11 is 0. The number of likely N-dealkylation sites (N-methyl/N-ethyl adjacent to an activating group) is 1. The molecule has 16 nitrogen and oxygen atoms in total. The van der Waals surface area contributed by atoms with Crippen LogP contribution in [-0.2, 0) is 51.8 Å². The van der Waals surface area contributed by atoms with Crippen LogP contribution in [0.15, 0.2) is 43.0 Å². The van der Waals surface area contributed by atoms with E-state index in [1.165, 1.54) is 20.8 Å². The lowest BCUT2D eigenvalue weighted by atomic mass is 9.98. The van der Waals surface area contributed by atoms with Crippen molar-refractivity contribution < 1.29 is 51.0 Å². The van der Waals surface area contributed by atoms with E-state index in [9.17, 15) is 41.6 Å². The maximum absolute atomic E-state index is 14.8. The minimum atomic E-state index is -3.98. The number of fused-ring (bicyclic) bond motifs is 3. The number of benzene rings is 1. The maximum Gasteiger partial charge on any atom is 0.410 e. The van der Waals surface area contributed by atoms with Gasteiger partial charge in [0.05, 0.1) is 18.3 Å². The van der Waals surface area contributed by atoms with Gasteiger partial charge >= 0.3 is 12.2 Å². The Morgan fingerprint density at radius 1 is 1.11 bits per heavy atom. The summed E-state index contributed by atoms with van der Waals surface area (Å²) < 4.78 is 53.7. The number of ether oxygens (including phenoxy) is 2. The summed E-state index contributed by atoms with van der Waals surface area (Å²) in [5, 5.41) is 4.71. The summed E-state index contributed by atoms with van der Waals surface area (Å²) in [6.45, 7) is 8.28. The van der Waals surface area contributed by atoms with Gasteiger partial charge in [-0.25, -0.2) is 22.4 Å². The van der Waals surface area contributed by atoms with E-state index in [2.05, 4.69) is 21.9 Å². The number of hydrogen-bond donors (Lipinski definition) is 3. The number of amides is 6. The molecule has 2 aliphatic carbocycles. The molecule has 0 aromatic heterocycles. The van der Waals surface area contributed by atoms with Crippen LogP contribution < -0.4 is 15.4 Å². The molecule has 3 N–H and O–H groups in total. The predicted molar refractivity (Wildman–Crippen MR) is 203 cm³/mol. The highest BCUT2D eigenvalue weighted by molar-refractivity contribution is 7.91. The van der Waals surface area contributed by atoms with Crippen LogP contribution in [0.5, 0.6) is 0 Å². The lowest BCUT2D eigenvalue weighted by Crippen LogP contribution is -2.59. The Hall–Kier alpha value is -5.00. The molecule has 2 saturated carbocycles. The first-order valence-electron chi connectivity index (χ1n) is 19.3. The highest BCUT2D eigenvalue weighted by Gasteiger charge is 2.62. The van der Waals surface area contributed by atoms with Gasteiger partial charge in [0.15, 0.2) is 0 Å². The van der Waals surface area contributed by atoms with Crippen molar-refractivity contribution in [3.05, 3.63) is 60.0 Å². The van der Waals surface area contributed by atoms with Crippen molar-refractivity contribution >= 4 is 45.8 Å². The number of sulfonamides is 1. The number of halogens is 1. The first-order chi connectivity index (χ1) is 26.8. The molecule has 1 aromatic rings. The summed E-state index contributed by atoms with van der Waals surface area (Å²) in [4.78, 5) is 86.4. The molecule has 0 spiro atoms. The van der Waals surface area contributed by atoms with Crippen molar-refractivity contribution in [2.75, 3.05) is 13.6 Å². The normalized spacial score (nSPS) is 27.7. The topological polar surface area (TPSA) is 201 Å². The van der Waals surface area contributed by atoms with Crippen molar-refractivity contribution in [1.29, 1.82) is 0 Å². The van der Waals surface area contributed by atoms with Gasteiger partial charge in [0.25, 0.3) is 5.91 Å². The van der Waals surface area contributed by atoms with E-state index in [1.54, 1.807) is 46.0 Å². The third-order valence-corrected chi connectivity index (χ3v) is 12.9. The fraction of sp³-hybridized carbons (Fsp3) is 0.590. The number of carbonyl (C=O) groups excluding carboxylic acids is 6. The smallest absolute Gasteiger partial charge is 0.410 e. The summed E-state index contributed by atoms with van der Waals surface area (Å²) in [6, 6.07) is 1.25. The number of nitrogens with zero attached hydrogens (tertiary/aromatic N) is 3. The zero-order valence-corrected chi connectivity index (χ0v) is 33.4. The van der Waals surface area contributed by atoms with E-state index in [4.69, 9.17) is 9.47 Å². The lowest BCUT2D eigenvalue weighted by molar-refractivity contribution is -0.141. The Kier molecular flexibility index (Phi) is 11.8. The van der Waals surface area contributed by atoms with Crippen LogP contribution in [0.25, 0.3) is 0 Å². The molecule has 57 heavy (non-hydrogen) atoms. The number of nitrogens with one attached hydrogen (secondary N) is 3. The summed E-state index contributed by atoms with van der Waals surface area (Å²) in [5.74, 6) is -3.88. The molecule has 0 bridgehead atoms. The van der Waals surface area contributed by atoms with Crippen molar-refractivity contribution in [1.82, 2.24) is 30.1 Å². The average molecular weight is 815 g/mol. The Labute approximate surface area is 331 Å². The Balaban J connectivity index is 1.32. The van der Waals surface area contributed by atoms with Crippen LogP contribution in [-0.4, -0.2) is 113 Å². The number of rotatable bonds is 7. The molecule has 5 aliphatic rings. The van der Waals surface area contributed by atoms with Crippen LogP contribution in [0.4, 0.5) is 14.0 Å². The lowest BCUT2D eigenvalue weighted by Gasteiger charge is -2.34. The molecule has 1 aromatic carbocycles. The second kappa shape index (κ2) is 16.1. The number of hydrogen-bond acceptors (Lipinski definition) is 10. The van der Waals surface area contributed by atoms with Crippen LogP contribution in [0.2, 0.25) is 0 Å². The van der Waals surface area contributed by atoms with Crippen molar-refractivity contribution in [3.8, 4) is 0 Å². The van der Waals surface area contributed by atoms with Crippen LogP contribution in [0.1, 0.15) is 83.3 Å². The standard InChI is InChI=1S/C39H51FN6O10S/c1-6-32(47)44(5)25-13-9-7-8-12-24-19-39(24,35(50)43-57(53,54)27-15-16-27)42-33(48)31-18-26(55-37(52)45-20-23-11-10-14-29(40)28(23)22-45)21-46(31)34(49)30(17-25)41-36(51)56-38(2,3)4/h6,8,10-12,14,24-27,30-31H,1,7,9,13,15-22H2,2-5H3,(H,41,51)(H,42,48)(H,43,50)/t24-,25?,26-,30+,31?,39-/m1/s1. The van der Waals surface area contributed by atoms with Crippen molar-refractivity contribution in [2.24, 2.45) is 5.92 Å². The molecule has 310 valence electrons. The Bertz CT molecular complexity index is 1970. The zero-order chi connectivity index (χ0) is 41.4. The zero-order valence-electron chi connectivity index (χ0n) is 32.6. The largest absolute Gasteiger partial charge is 0.444 e. The third-order valence-electron chi connectivity index (χ3n) is 11.1. The molecule has 1 saturated heterocycles. The van der Waals surface area contributed by atoms with Gasteiger partial charge in [-0.15, -0.1) is 0 Å². The van der Waals surface area contributed by atoms with E-state index in [0.717, 1.165) is 6.08 Å². The van der Waals surface area contributed by atoms with Gasteiger partial charge in [0.2, 0.25) is 27.7 Å². The average Bonchev–Trinajstić information content (AvgIpc) is 4.02. The maximum atomic E-state index is 14.8. The molecule has 6 rings (SSSR count). The van der Waals surface area contributed by atoms with Gasteiger partial charge in [0.1, 0.15) is 35.1 Å². The number of carbonyl (C=O) groups is 6. The second-order valence-electron chi connectivity index (χ2n) is 16.5. The van der Waals surface area contributed by atoms with Crippen LogP contribution in [0, 0.1) is 11.7 Å². The van der Waals surface area contributed by atoms with Gasteiger partial charge in [0, 0.05) is 37.5 Å².